The highest BCUT2D eigenvalue weighted by Gasteiger charge is 2.33. The molecule has 1 atom stereocenters. The Labute approximate surface area is 152 Å². The minimum atomic E-state index is -0.415. The van der Waals surface area contributed by atoms with Gasteiger partial charge in [-0.1, -0.05) is 41.9 Å². The molecular formula is C19H13ClN4O2. The molecule has 6 nitrogen and oxygen atoms in total. The van der Waals surface area contributed by atoms with Gasteiger partial charge in [0.05, 0.1) is 16.6 Å². The molecule has 2 aromatic carbocycles. The largest absolute Gasteiger partial charge is 0.311 e. The van der Waals surface area contributed by atoms with E-state index in [-0.39, 0.29) is 17.9 Å². The predicted octanol–water partition coefficient (Wildman–Crippen LogP) is 3.30. The lowest BCUT2D eigenvalue weighted by molar-refractivity contribution is -0.116. The highest BCUT2D eigenvalue weighted by molar-refractivity contribution is 6.31. The van der Waals surface area contributed by atoms with E-state index < -0.39 is 5.92 Å². The first-order valence-corrected chi connectivity index (χ1v) is 8.59. The van der Waals surface area contributed by atoms with E-state index in [1.165, 1.54) is 0 Å². The highest BCUT2D eigenvalue weighted by atomic mass is 35.5. The molecule has 2 aromatic heterocycles. The molecule has 3 heterocycles. The first kappa shape index (κ1) is 15.2. The summed E-state index contributed by atoms with van der Waals surface area (Å²) in [6.07, 6.45) is 0.165. The number of carbonyl (C=O) groups is 1. The van der Waals surface area contributed by atoms with E-state index in [9.17, 15) is 9.59 Å². The quantitative estimate of drug-likeness (QED) is 0.544. The third-order valence-corrected chi connectivity index (χ3v) is 5.13. The van der Waals surface area contributed by atoms with Crippen molar-refractivity contribution in [1.82, 2.24) is 14.4 Å². The lowest BCUT2D eigenvalue weighted by Crippen LogP contribution is -2.32. The molecule has 0 radical (unpaired) electrons. The third-order valence-electron chi connectivity index (χ3n) is 4.79. The van der Waals surface area contributed by atoms with Crippen molar-refractivity contribution >= 4 is 40.1 Å². The van der Waals surface area contributed by atoms with Crippen molar-refractivity contribution < 1.29 is 4.79 Å². The zero-order chi connectivity index (χ0) is 17.8. The summed E-state index contributed by atoms with van der Waals surface area (Å²) in [7, 11) is 0. The van der Waals surface area contributed by atoms with E-state index in [0.29, 0.717) is 22.2 Å². The van der Waals surface area contributed by atoms with Crippen molar-refractivity contribution in [3.05, 3.63) is 75.0 Å². The summed E-state index contributed by atoms with van der Waals surface area (Å²) in [4.78, 5) is 32.6. The van der Waals surface area contributed by atoms with Crippen molar-refractivity contribution in [2.75, 3.05) is 5.32 Å². The number of anilines is 1. The van der Waals surface area contributed by atoms with E-state index in [0.717, 1.165) is 16.6 Å². The Kier molecular flexibility index (Phi) is 3.17. The summed E-state index contributed by atoms with van der Waals surface area (Å²) in [6.45, 7) is 0. The van der Waals surface area contributed by atoms with Crippen LogP contribution in [-0.2, 0) is 4.79 Å². The smallest absolute Gasteiger partial charge is 0.258 e. The molecule has 4 aromatic rings. The summed E-state index contributed by atoms with van der Waals surface area (Å²) >= 11 is 6.35. The van der Waals surface area contributed by atoms with Crippen LogP contribution in [0.4, 0.5) is 5.82 Å². The first-order chi connectivity index (χ1) is 12.6. The Morgan fingerprint density at radius 1 is 1.08 bits per heavy atom. The molecule has 0 unspecified atom stereocenters. The van der Waals surface area contributed by atoms with E-state index in [2.05, 4.69) is 15.3 Å². The molecule has 1 aliphatic rings. The van der Waals surface area contributed by atoms with Crippen LogP contribution in [0.5, 0.6) is 0 Å². The zero-order valence-corrected chi connectivity index (χ0v) is 14.2. The number of aromatic nitrogens is 3. The number of fused-ring (bicyclic) bond motifs is 5. The van der Waals surface area contributed by atoms with Crippen LogP contribution in [0, 0.1) is 0 Å². The molecule has 5 rings (SSSR count). The topological polar surface area (TPSA) is 79.3 Å². The average Bonchev–Trinajstić information content (AvgIpc) is 2.99. The highest BCUT2D eigenvalue weighted by Crippen LogP contribution is 2.38. The van der Waals surface area contributed by atoms with Gasteiger partial charge in [-0.25, -0.2) is 4.98 Å². The Bertz CT molecular complexity index is 1260. The van der Waals surface area contributed by atoms with Gasteiger partial charge in [-0.05, 0) is 23.8 Å². The van der Waals surface area contributed by atoms with Gasteiger partial charge in [-0.15, -0.1) is 0 Å². The van der Waals surface area contributed by atoms with Gasteiger partial charge in [0.2, 0.25) is 11.7 Å². The summed E-state index contributed by atoms with van der Waals surface area (Å²) < 4.78 is 1.78. The normalized spacial score (nSPS) is 16.7. The SMILES string of the molecule is O=C1C[C@@H](c2ccccc2Cl)c2c(n3c(nc4ccccc43)[nH]c2=O)N1. The van der Waals surface area contributed by atoms with Gasteiger partial charge >= 0.3 is 0 Å². The van der Waals surface area contributed by atoms with Gasteiger partial charge < -0.3 is 5.32 Å². The minimum absolute atomic E-state index is 0.160. The van der Waals surface area contributed by atoms with E-state index in [4.69, 9.17) is 11.6 Å². The van der Waals surface area contributed by atoms with Crippen LogP contribution in [0.2, 0.25) is 5.02 Å². The van der Waals surface area contributed by atoms with Crippen LogP contribution in [0.15, 0.2) is 53.3 Å². The molecule has 0 spiro atoms. The Morgan fingerprint density at radius 2 is 1.85 bits per heavy atom. The van der Waals surface area contributed by atoms with Crippen LogP contribution in [-0.4, -0.2) is 20.3 Å². The maximum atomic E-state index is 12.9. The van der Waals surface area contributed by atoms with Crippen molar-refractivity contribution in [3.63, 3.8) is 0 Å². The van der Waals surface area contributed by atoms with Crippen LogP contribution in [0.1, 0.15) is 23.5 Å². The summed E-state index contributed by atoms with van der Waals surface area (Å²) in [5.41, 5.74) is 2.54. The standard InChI is InChI=1S/C19H13ClN4O2/c20-12-6-2-1-5-10(12)11-9-15(25)22-17-16(11)18(26)23-19-21-13-7-3-4-8-14(13)24(17)19/h1-8,11H,9H2,(H,22,25)(H,21,23,26)/t11-/m0/s1. The molecule has 26 heavy (non-hydrogen) atoms. The summed E-state index contributed by atoms with van der Waals surface area (Å²) in [5.74, 6) is 0.280. The fourth-order valence-corrected chi connectivity index (χ4v) is 3.94. The minimum Gasteiger partial charge on any atom is -0.311 e. The molecule has 1 aliphatic heterocycles. The number of aromatic amines is 1. The van der Waals surface area contributed by atoms with E-state index >= 15 is 0 Å². The second-order valence-electron chi connectivity index (χ2n) is 6.30. The van der Waals surface area contributed by atoms with E-state index in [1.54, 1.807) is 10.5 Å². The second-order valence-corrected chi connectivity index (χ2v) is 6.71. The maximum Gasteiger partial charge on any atom is 0.258 e. The fourth-order valence-electron chi connectivity index (χ4n) is 3.67. The number of hydrogen-bond acceptors (Lipinski definition) is 3. The Balaban J connectivity index is 1.89. The van der Waals surface area contributed by atoms with Crippen molar-refractivity contribution in [2.24, 2.45) is 0 Å². The van der Waals surface area contributed by atoms with Gasteiger partial charge in [-0.3, -0.25) is 19.0 Å². The number of H-pyrrole nitrogens is 1. The number of carbonyl (C=O) groups excluding carboxylic acids is 1. The molecule has 2 N–H and O–H groups in total. The van der Waals surface area contributed by atoms with Gasteiger partial charge in [0, 0.05) is 17.4 Å². The van der Waals surface area contributed by atoms with Crippen LogP contribution >= 0.6 is 11.6 Å². The first-order valence-electron chi connectivity index (χ1n) is 8.21. The Hall–Kier alpha value is -3.12. The number of halogens is 1. The molecule has 0 bridgehead atoms. The third kappa shape index (κ3) is 2.09. The lowest BCUT2D eigenvalue weighted by atomic mass is 9.87. The number of benzene rings is 2. The monoisotopic (exact) mass is 364 g/mol. The Morgan fingerprint density at radius 3 is 2.69 bits per heavy atom. The van der Waals surface area contributed by atoms with Gasteiger partial charge in [0.25, 0.3) is 5.56 Å². The number of imidazole rings is 1. The molecule has 0 saturated heterocycles. The molecule has 0 aliphatic carbocycles. The fraction of sp³-hybridized carbons (Fsp3) is 0.105. The summed E-state index contributed by atoms with van der Waals surface area (Å²) in [5, 5.41) is 3.40. The van der Waals surface area contributed by atoms with Gasteiger partial charge in [0.1, 0.15) is 5.82 Å². The van der Waals surface area contributed by atoms with Gasteiger partial charge in [-0.2, -0.15) is 0 Å². The summed E-state index contributed by atoms with van der Waals surface area (Å²) in [6, 6.07) is 14.8. The van der Waals surface area contributed by atoms with Crippen LogP contribution in [0.3, 0.4) is 0 Å². The number of hydrogen-bond donors (Lipinski definition) is 2. The molecule has 1 amide bonds. The number of amides is 1. The van der Waals surface area contributed by atoms with Crippen LogP contribution in [0.25, 0.3) is 16.8 Å². The van der Waals surface area contributed by atoms with Crippen LogP contribution < -0.4 is 10.9 Å². The average molecular weight is 365 g/mol. The molecule has 0 fully saturated rings. The van der Waals surface area contributed by atoms with E-state index in [1.807, 2.05) is 42.5 Å². The number of nitrogens with one attached hydrogen (secondary N) is 2. The predicted molar refractivity (Wildman–Crippen MR) is 99.9 cm³/mol. The van der Waals surface area contributed by atoms with Gasteiger partial charge in [0.15, 0.2) is 0 Å². The number of para-hydroxylation sites is 2. The second kappa shape index (κ2) is 5.44. The molecule has 128 valence electrons. The molecular weight excluding hydrogens is 352 g/mol. The van der Waals surface area contributed by atoms with Crippen molar-refractivity contribution in [2.45, 2.75) is 12.3 Å². The zero-order valence-electron chi connectivity index (χ0n) is 13.5. The molecule has 7 heteroatoms. The lowest BCUT2D eigenvalue weighted by Gasteiger charge is -2.26. The van der Waals surface area contributed by atoms with Crippen molar-refractivity contribution in [1.29, 1.82) is 0 Å². The van der Waals surface area contributed by atoms with Crippen molar-refractivity contribution in [3.8, 4) is 0 Å². The number of nitrogens with zero attached hydrogens (tertiary/aromatic N) is 2. The molecule has 0 saturated carbocycles. The number of rotatable bonds is 1. The maximum absolute atomic E-state index is 12.9.